The molecule has 0 fully saturated rings. The molecule has 134 valence electrons. The van der Waals surface area contributed by atoms with Crippen molar-refractivity contribution in [1.29, 1.82) is 0 Å². The van der Waals surface area contributed by atoms with Crippen molar-refractivity contribution in [1.82, 2.24) is 9.97 Å². The van der Waals surface area contributed by atoms with Crippen LogP contribution in [0.5, 0.6) is 11.8 Å². The Morgan fingerprint density at radius 3 is 1.92 bits per heavy atom. The molecule has 0 radical (unpaired) electrons. The van der Waals surface area contributed by atoms with Crippen LogP contribution in [0.25, 0.3) is 0 Å². The summed E-state index contributed by atoms with van der Waals surface area (Å²) in [5.41, 5.74) is -0.423. The lowest BCUT2D eigenvalue weighted by Gasteiger charge is -2.18. The van der Waals surface area contributed by atoms with Gasteiger partial charge in [-0.15, -0.1) is 0 Å². The van der Waals surface area contributed by atoms with Crippen molar-refractivity contribution in [3.8, 4) is 11.8 Å². The van der Waals surface area contributed by atoms with E-state index in [1.165, 1.54) is 6.21 Å². The van der Waals surface area contributed by atoms with Crippen LogP contribution in [-0.2, 0) is 4.79 Å². The molecule has 7 heteroatoms. The fraction of sp³-hybridized carbons (Fsp3) is 0.333. The number of aromatic nitrogens is 2. The van der Waals surface area contributed by atoms with Crippen molar-refractivity contribution in [2.24, 2.45) is 0 Å². The van der Waals surface area contributed by atoms with Gasteiger partial charge in [-0.2, -0.15) is 0 Å². The predicted molar refractivity (Wildman–Crippen MR) is 95.0 cm³/mol. The van der Waals surface area contributed by atoms with Crippen LogP contribution >= 0.6 is 0 Å². The molecule has 2 rings (SSSR count). The smallest absolute Gasteiger partial charge is 0.213 e. The topological polar surface area (TPSA) is 87.4 Å². The number of pyridine rings is 2. The molecule has 0 N–H and O–H groups in total. The summed E-state index contributed by atoms with van der Waals surface area (Å²) in [6.07, 6.45) is 5.41. The zero-order chi connectivity index (χ0) is 18.5. The van der Waals surface area contributed by atoms with E-state index in [0.717, 1.165) is 4.74 Å². The second-order valence-electron chi connectivity index (χ2n) is 5.80. The number of aldehydes is 1. The normalized spacial score (nSPS) is 11.1. The summed E-state index contributed by atoms with van der Waals surface area (Å²) < 4.78 is 11.0. The Labute approximate surface area is 147 Å². The molecule has 0 aromatic carbocycles. The standard InChI is InChI=1S/C11H16N2O2.C7H7NO2/c1-11(2,3)13(14)8-9-15-10-6-4-5-7-12-10;9-5-6-10-7-3-1-2-4-8-7/h4-8H,9H2,1-3H3;1-5H,6H2. The lowest BCUT2D eigenvalue weighted by Crippen LogP contribution is -2.30. The van der Waals surface area contributed by atoms with Gasteiger partial charge in [0.25, 0.3) is 0 Å². The number of ether oxygens (including phenoxy) is 2. The number of carbonyl (C=O) groups is 1. The van der Waals surface area contributed by atoms with E-state index in [-0.39, 0.29) is 13.2 Å². The van der Waals surface area contributed by atoms with Crippen molar-refractivity contribution in [3.63, 3.8) is 0 Å². The maximum atomic E-state index is 11.4. The summed E-state index contributed by atoms with van der Waals surface area (Å²) in [6.45, 7) is 5.83. The molecule has 0 amide bonds. The minimum atomic E-state index is -0.423. The molecule has 2 heterocycles. The Morgan fingerprint density at radius 2 is 1.52 bits per heavy atom. The number of nitrogens with zero attached hydrogens (tertiary/aromatic N) is 3. The second-order valence-corrected chi connectivity index (χ2v) is 5.80. The summed E-state index contributed by atoms with van der Waals surface area (Å²) in [4.78, 5) is 17.6. The van der Waals surface area contributed by atoms with Crippen LogP contribution in [0.2, 0.25) is 0 Å². The molecular formula is C18H23N3O4. The maximum Gasteiger partial charge on any atom is 0.213 e. The molecule has 0 aliphatic rings. The molecule has 0 saturated heterocycles. The van der Waals surface area contributed by atoms with Crippen LogP contribution in [0, 0.1) is 5.21 Å². The van der Waals surface area contributed by atoms with Crippen molar-refractivity contribution < 1.29 is 19.0 Å². The van der Waals surface area contributed by atoms with Gasteiger partial charge in [-0.05, 0) is 12.1 Å². The summed E-state index contributed by atoms with van der Waals surface area (Å²) in [5.74, 6) is 1.01. The van der Waals surface area contributed by atoms with Crippen LogP contribution < -0.4 is 9.47 Å². The van der Waals surface area contributed by atoms with E-state index in [0.29, 0.717) is 18.0 Å². The molecule has 0 unspecified atom stereocenters. The van der Waals surface area contributed by atoms with E-state index in [1.54, 1.807) is 36.7 Å². The van der Waals surface area contributed by atoms with Crippen molar-refractivity contribution in [2.45, 2.75) is 26.3 Å². The lowest BCUT2D eigenvalue weighted by atomic mass is 10.1. The van der Waals surface area contributed by atoms with Crippen LogP contribution in [0.1, 0.15) is 20.8 Å². The third-order valence-electron chi connectivity index (χ3n) is 2.71. The molecule has 0 atom stereocenters. The largest absolute Gasteiger partial charge is 0.624 e. The fourth-order valence-corrected chi connectivity index (χ4v) is 1.45. The molecule has 0 bridgehead atoms. The van der Waals surface area contributed by atoms with Crippen molar-refractivity contribution in [3.05, 3.63) is 54.0 Å². The monoisotopic (exact) mass is 345 g/mol. The SMILES string of the molecule is CC(C)(C)[N+]([O-])=CCOc1ccccn1.O=CCOc1ccccn1. The van der Waals surface area contributed by atoms with Gasteiger partial charge in [0.05, 0.1) is 0 Å². The average Bonchev–Trinajstić information content (AvgIpc) is 2.61. The quantitative estimate of drug-likeness (QED) is 0.263. The Balaban J connectivity index is 0.000000271. The molecule has 2 aromatic rings. The van der Waals surface area contributed by atoms with E-state index < -0.39 is 5.54 Å². The first-order chi connectivity index (χ1) is 11.9. The van der Waals surface area contributed by atoms with Gasteiger partial charge in [-0.3, -0.25) is 4.79 Å². The molecule has 0 spiro atoms. The van der Waals surface area contributed by atoms with E-state index in [1.807, 2.05) is 32.9 Å². The van der Waals surface area contributed by atoms with Gasteiger partial charge >= 0.3 is 0 Å². The number of rotatable bonds is 6. The zero-order valence-corrected chi connectivity index (χ0v) is 14.7. The average molecular weight is 345 g/mol. The molecule has 0 aliphatic heterocycles. The highest BCUT2D eigenvalue weighted by molar-refractivity contribution is 5.53. The van der Waals surface area contributed by atoms with E-state index in [4.69, 9.17) is 9.47 Å². The molecule has 2 aromatic heterocycles. The van der Waals surface area contributed by atoms with E-state index in [9.17, 15) is 10.0 Å². The minimum absolute atomic E-state index is 0.0665. The number of hydrogen-bond acceptors (Lipinski definition) is 6. The van der Waals surface area contributed by atoms with Crippen molar-refractivity contribution in [2.75, 3.05) is 13.2 Å². The molecule has 25 heavy (non-hydrogen) atoms. The lowest BCUT2D eigenvalue weighted by molar-refractivity contribution is -0.532. The van der Waals surface area contributed by atoms with Gasteiger partial charge < -0.3 is 14.7 Å². The first kappa shape index (κ1) is 20.1. The van der Waals surface area contributed by atoms with Gasteiger partial charge in [0.1, 0.15) is 6.61 Å². The zero-order valence-electron chi connectivity index (χ0n) is 14.7. The van der Waals surface area contributed by atoms with E-state index >= 15 is 0 Å². The van der Waals surface area contributed by atoms with Crippen LogP contribution in [0.15, 0.2) is 48.8 Å². The van der Waals surface area contributed by atoms with Gasteiger partial charge in [0.2, 0.25) is 11.8 Å². The summed E-state index contributed by atoms with van der Waals surface area (Å²) in [7, 11) is 0. The molecule has 0 aliphatic carbocycles. The van der Waals surface area contributed by atoms with Gasteiger partial charge in [-0.1, -0.05) is 12.1 Å². The number of carbonyl (C=O) groups excluding carboxylic acids is 1. The number of hydrogen-bond donors (Lipinski definition) is 0. The number of hydroxylamine groups is 1. The van der Waals surface area contributed by atoms with Gasteiger partial charge in [-0.25, -0.2) is 14.7 Å². The minimum Gasteiger partial charge on any atom is -0.624 e. The third kappa shape index (κ3) is 9.04. The van der Waals surface area contributed by atoms with Crippen LogP contribution in [0.4, 0.5) is 0 Å². The maximum absolute atomic E-state index is 11.4. The molecular weight excluding hydrogens is 322 g/mol. The summed E-state index contributed by atoms with van der Waals surface area (Å²) in [5, 5.41) is 11.4. The Bertz CT molecular complexity index is 640. The van der Waals surface area contributed by atoms with Crippen molar-refractivity contribution >= 4 is 12.5 Å². The fourth-order valence-electron chi connectivity index (χ4n) is 1.45. The highest BCUT2D eigenvalue weighted by Crippen LogP contribution is 2.05. The predicted octanol–water partition coefficient (Wildman–Crippen LogP) is 2.50. The Kier molecular flexibility index (Phi) is 8.63. The van der Waals surface area contributed by atoms with Crippen LogP contribution in [-0.4, -0.2) is 46.0 Å². The second kappa shape index (κ2) is 10.7. The third-order valence-corrected chi connectivity index (χ3v) is 2.71. The van der Waals surface area contributed by atoms with E-state index in [2.05, 4.69) is 9.97 Å². The molecule has 7 nitrogen and oxygen atoms in total. The Hall–Kier alpha value is -2.96. The van der Waals surface area contributed by atoms with Crippen LogP contribution in [0.3, 0.4) is 0 Å². The van der Waals surface area contributed by atoms with Gasteiger partial charge in [0.15, 0.2) is 24.6 Å². The first-order valence-electron chi connectivity index (χ1n) is 7.74. The van der Waals surface area contributed by atoms with Gasteiger partial charge in [0, 0.05) is 45.3 Å². The Morgan fingerprint density at radius 1 is 1.00 bits per heavy atom. The molecule has 0 saturated carbocycles. The summed E-state index contributed by atoms with van der Waals surface area (Å²) in [6, 6.07) is 10.7. The highest BCUT2D eigenvalue weighted by atomic mass is 16.5. The highest BCUT2D eigenvalue weighted by Gasteiger charge is 2.17. The first-order valence-corrected chi connectivity index (χ1v) is 7.74. The summed E-state index contributed by atoms with van der Waals surface area (Å²) >= 11 is 0.